The molecule has 3 fully saturated rings. The molecular weight excluding hydrogens is 348 g/mol. The lowest BCUT2D eigenvalue weighted by Gasteiger charge is -2.52. The summed E-state index contributed by atoms with van der Waals surface area (Å²) in [5.41, 5.74) is 2.28. The van der Waals surface area contributed by atoms with E-state index < -0.39 is 0 Å². The van der Waals surface area contributed by atoms with Crippen molar-refractivity contribution in [2.45, 2.75) is 44.6 Å². The van der Waals surface area contributed by atoms with Crippen LogP contribution in [0.2, 0.25) is 0 Å². The van der Waals surface area contributed by atoms with Crippen molar-refractivity contribution in [2.24, 2.45) is 5.41 Å². The zero-order valence-corrected chi connectivity index (χ0v) is 16.3. The van der Waals surface area contributed by atoms with Gasteiger partial charge in [0, 0.05) is 31.6 Å². The molecule has 1 spiro atoms. The van der Waals surface area contributed by atoms with Crippen LogP contribution in [0.3, 0.4) is 0 Å². The van der Waals surface area contributed by atoms with Crippen LogP contribution in [-0.2, 0) is 4.79 Å². The van der Waals surface area contributed by atoms with Crippen LogP contribution in [0.15, 0.2) is 10.9 Å². The largest absolute Gasteiger partial charge is 0.341 e. The number of amides is 2. The average Bonchev–Trinajstić information content (AvgIpc) is 3.35. The zero-order chi connectivity index (χ0) is 18.1. The number of carbonyl (C=O) groups excluding carboxylic acids is 2. The molecule has 0 aliphatic carbocycles. The number of thiazole rings is 1. The number of hydrogen-bond acceptors (Lipinski definition) is 5. The second kappa shape index (κ2) is 7.27. The highest BCUT2D eigenvalue weighted by molar-refractivity contribution is 7.07. The molecule has 0 saturated carbocycles. The molecule has 0 radical (unpaired) electrons. The number of piperidine rings is 2. The van der Waals surface area contributed by atoms with Crippen LogP contribution in [0.1, 0.15) is 49.0 Å². The number of rotatable bonds is 2. The van der Waals surface area contributed by atoms with Crippen molar-refractivity contribution in [2.75, 3.05) is 39.8 Å². The maximum atomic E-state index is 13.3. The molecule has 0 bridgehead atoms. The molecule has 3 aliphatic heterocycles. The van der Waals surface area contributed by atoms with E-state index in [4.69, 9.17) is 0 Å². The lowest BCUT2D eigenvalue weighted by atomic mass is 9.66. The standard InChI is InChI=1S/C19H28N4O2S/c1-21-8-4-5-19(16(21)18(25)22-9-2-3-10-22)6-11-23(12-7-19)17(24)15-13-26-14-20-15/h13-14,16H,2-12H2,1H3. The average molecular weight is 377 g/mol. The summed E-state index contributed by atoms with van der Waals surface area (Å²) < 4.78 is 0. The highest BCUT2D eigenvalue weighted by atomic mass is 32.1. The van der Waals surface area contributed by atoms with Gasteiger partial charge >= 0.3 is 0 Å². The van der Waals surface area contributed by atoms with Crippen molar-refractivity contribution in [3.63, 3.8) is 0 Å². The monoisotopic (exact) mass is 376 g/mol. The molecule has 1 atom stereocenters. The Bertz CT molecular complexity index is 649. The maximum absolute atomic E-state index is 13.3. The summed E-state index contributed by atoms with van der Waals surface area (Å²) in [5, 5.41) is 1.82. The number of carbonyl (C=O) groups is 2. The Kier molecular flexibility index (Phi) is 5.01. The number of aromatic nitrogens is 1. The third kappa shape index (κ3) is 3.16. The summed E-state index contributed by atoms with van der Waals surface area (Å²) in [6.07, 6.45) is 6.33. The van der Waals surface area contributed by atoms with E-state index in [-0.39, 0.29) is 17.4 Å². The van der Waals surface area contributed by atoms with Gasteiger partial charge < -0.3 is 9.80 Å². The van der Waals surface area contributed by atoms with Crippen molar-refractivity contribution in [1.29, 1.82) is 0 Å². The molecule has 142 valence electrons. The quantitative estimate of drug-likeness (QED) is 0.793. The summed E-state index contributed by atoms with van der Waals surface area (Å²) in [7, 11) is 2.10. The van der Waals surface area contributed by atoms with E-state index in [9.17, 15) is 9.59 Å². The van der Waals surface area contributed by atoms with Gasteiger partial charge in [-0.2, -0.15) is 0 Å². The van der Waals surface area contributed by atoms with Gasteiger partial charge in [-0.25, -0.2) is 4.98 Å². The van der Waals surface area contributed by atoms with Crippen LogP contribution >= 0.6 is 11.3 Å². The van der Waals surface area contributed by atoms with Crippen molar-refractivity contribution < 1.29 is 9.59 Å². The predicted octanol–water partition coefficient (Wildman–Crippen LogP) is 2.08. The Morgan fingerprint density at radius 1 is 1.04 bits per heavy atom. The summed E-state index contributed by atoms with van der Waals surface area (Å²) in [6.45, 7) is 4.27. The third-order valence-electron chi connectivity index (χ3n) is 6.56. The van der Waals surface area contributed by atoms with Crippen molar-refractivity contribution in [3.05, 3.63) is 16.6 Å². The number of nitrogens with zero attached hydrogens (tertiary/aromatic N) is 4. The molecule has 1 aromatic heterocycles. The molecule has 4 rings (SSSR count). The molecule has 26 heavy (non-hydrogen) atoms. The first kappa shape index (κ1) is 17.9. The van der Waals surface area contributed by atoms with E-state index in [1.54, 1.807) is 5.51 Å². The fourth-order valence-electron chi connectivity index (χ4n) is 5.13. The second-order valence-electron chi connectivity index (χ2n) is 8.05. The first-order valence-corrected chi connectivity index (χ1v) is 10.7. The smallest absolute Gasteiger partial charge is 0.273 e. The minimum atomic E-state index is -0.0223. The first-order valence-electron chi connectivity index (χ1n) is 9.77. The molecule has 7 heteroatoms. The molecular formula is C19H28N4O2S. The molecule has 2 amide bonds. The number of likely N-dealkylation sites (tertiary alicyclic amines) is 3. The lowest BCUT2D eigenvalue weighted by Crippen LogP contribution is -2.61. The molecule has 1 aromatic rings. The van der Waals surface area contributed by atoms with Crippen molar-refractivity contribution in [1.82, 2.24) is 19.7 Å². The van der Waals surface area contributed by atoms with Gasteiger partial charge in [-0.3, -0.25) is 14.5 Å². The minimum Gasteiger partial charge on any atom is -0.341 e. The van der Waals surface area contributed by atoms with Gasteiger partial charge in [0.15, 0.2) is 0 Å². The van der Waals surface area contributed by atoms with Crippen molar-refractivity contribution in [3.8, 4) is 0 Å². The molecule has 3 saturated heterocycles. The van der Waals surface area contributed by atoms with Gasteiger partial charge in [0.05, 0.1) is 11.6 Å². The Labute approximate surface area is 159 Å². The highest BCUT2D eigenvalue weighted by Crippen LogP contribution is 2.45. The van der Waals surface area contributed by atoms with Crippen LogP contribution in [0.25, 0.3) is 0 Å². The highest BCUT2D eigenvalue weighted by Gasteiger charge is 2.50. The van der Waals surface area contributed by atoms with Crippen LogP contribution in [0.4, 0.5) is 0 Å². The molecule has 1 unspecified atom stereocenters. The minimum absolute atomic E-state index is 0.0194. The number of likely N-dealkylation sites (N-methyl/N-ethyl adjacent to an activating group) is 1. The van der Waals surface area contributed by atoms with Crippen molar-refractivity contribution >= 4 is 23.2 Å². The summed E-state index contributed by atoms with van der Waals surface area (Å²) in [6, 6.07) is -0.0223. The van der Waals surface area contributed by atoms with Gasteiger partial charge in [-0.15, -0.1) is 11.3 Å². The predicted molar refractivity (Wildman–Crippen MR) is 101 cm³/mol. The summed E-state index contributed by atoms with van der Waals surface area (Å²) in [5.74, 6) is 0.358. The van der Waals surface area contributed by atoms with E-state index >= 15 is 0 Å². The molecule has 4 heterocycles. The SMILES string of the molecule is CN1CCCC2(CCN(C(=O)c3cscn3)CC2)C1C(=O)N1CCCC1. The fraction of sp³-hybridized carbons (Fsp3) is 0.737. The van der Waals surface area contributed by atoms with E-state index in [1.807, 2.05) is 10.3 Å². The Morgan fingerprint density at radius 2 is 1.77 bits per heavy atom. The van der Waals surface area contributed by atoms with Crippen LogP contribution in [0.5, 0.6) is 0 Å². The van der Waals surface area contributed by atoms with E-state index in [0.717, 1.165) is 71.2 Å². The second-order valence-corrected chi connectivity index (χ2v) is 8.77. The molecule has 6 nitrogen and oxygen atoms in total. The van der Waals surface area contributed by atoms with Crippen LogP contribution in [-0.4, -0.2) is 77.3 Å². The van der Waals surface area contributed by atoms with Gasteiger partial charge in [-0.05, 0) is 57.5 Å². The maximum Gasteiger partial charge on any atom is 0.273 e. The lowest BCUT2D eigenvalue weighted by molar-refractivity contribution is -0.145. The van der Waals surface area contributed by atoms with Gasteiger partial charge in [0.25, 0.3) is 5.91 Å². The fourth-order valence-corrected chi connectivity index (χ4v) is 5.66. The summed E-state index contributed by atoms with van der Waals surface area (Å²) >= 11 is 1.46. The Balaban J connectivity index is 1.49. The Morgan fingerprint density at radius 3 is 2.42 bits per heavy atom. The molecule has 0 N–H and O–H groups in total. The molecule has 3 aliphatic rings. The Hall–Kier alpha value is -1.47. The molecule has 0 aromatic carbocycles. The van der Waals surface area contributed by atoms with Gasteiger partial charge in [-0.1, -0.05) is 0 Å². The topological polar surface area (TPSA) is 56.8 Å². The number of hydrogen-bond donors (Lipinski definition) is 0. The van der Waals surface area contributed by atoms with E-state index in [1.165, 1.54) is 11.3 Å². The van der Waals surface area contributed by atoms with Crippen LogP contribution < -0.4 is 0 Å². The zero-order valence-electron chi connectivity index (χ0n) is 15.5. The first-order chi connectivity index (χ1) is 12.6. The summed E-state index contributed by atoms with van der Waals surface area (Å²) in [4.78, 5) is 36.3. The van der Waals surface area contributed by atoms with Crippen LogP contribution in [0, 0.1) is 5.41 Å². The van der Waals surface area contributed by atoms with Gasteiger partial charge in [0.2, 0.25) is 5.91 Å². The third-order valence-corrected chi connectivity index (χ3v) is 7.14. The normalized spacial score (nSPS) is 26.4. The van der Waals surface area contributed by atoms with E-state index in [0.29, 0.717) is 11.6 Å². The van der Waals surface area contributed by atoms with Gasteiger partial charge in [0.1, 0.15) is 5.69 Å². The van der Waals surface area contributed by atoms with E-state index in [2.05, 4.69) is 21.8 Å².